The molecule has 0 spiro atoms. The molecule has 0 bridgehead atoms. The number of nitrogens with zero attached hydrogens (tertiary/aromatic N) is 2. The molecule has 0 radical (unpaired) electrons. The number of ether oxygens (including phenoxy) is 2. The molecular weight excluding hydrogens is 368 g/mol. The highest BCUT2D eigenvalue weighted by Gasteiger charge is 2.18. The van der Waals surface area contributed by atoms with Crippen LogP contribution in [0.1, 0.15) is 37.3 Å². The molecule has 1 unspecified atom stereocenters. The van der Waals surface area contributed by atoms with E-state index in [9.17, 15) is 4.79 Å². The molecule has 7 heteroatoms. The maximum atomic E-state index is 12.3. The summed E-state index contributed by atoms with van der Waals surface area (Å²) in [7, 11) is 0. The number of hydrogen-bond donors (Lipinski definition) is 2. The lowest BCUT2D eigenvalue weighted by Gasteiger charge is -2.17. The predicted octanol–water partition coefficient (Wildman–Crippen LogP) is 2.09. The third-order valence-electron chi connectivity index (χ3n) is 5.34. The number of carbonyl (C=O) groups excluding carboxylic acids is 1. The Balaban J connectivity index is 1.59. The first-order valence-corrected chi connectivity index (χ1v) is 10.8. The third-order valence-corrected chi connectivity index (χ3v) is 5.34. The fraction of sp³-hybridized carbons (Fsp3) is 0.636. The van der Waals surface area contributed by atoms with Crippen molar-refractivity contribution in [3.63, 3.8) is 0 Å². The van der Waals surface area contributed by atoms with Crippen LogP contribution in [0.4, 0.5) is 0 Å². The Morgan fingerprint density at radius 3 is 2.86 bits per heavy atom. The van der Waals surface area contributed by atoms with Crippen LogP contribution in [0.25, 0.3) is 0 Å². The van der Waals surface area contributed by atoms with Gasteiger partial charge < -0.3 is 25.0 Å². The molecule has 3 rings (SSSR count). The summed E-state index contributed by atoms with van der Waals surface area (Å²) in [6.45, 7) is 9.58. The lowest BCUT2D eigenvalue weighted by atomic mass is 10.1. The van der Waals surface area contributed by atoms with Crippen LogP contribution in [0.3, 0.4) is 0 Å². The van der Waals surface area contributed by atoms with Gasteiger partial charge in [-0.1, -0.05) is 12.1 Å². The summed E-state index contributed by atoms with van der Waals surface area (Å²) in [5.41, 5.74) is 2.20. The molecule has 2 saturated heterocycles. The molecule has 2 aliphatic rings. The van der Waals surface area contributed by atoms with E-state index in [2.05, 4.69) is 40.7 Å². The highest BCUT2D eigenvalue weighted by atomic mass is 16.5. The summed E-state index contributed by atoms with van der Waals surface area (Å²) >= 11 is 0. The van der Waals surface area contributed by atoms with Crippen LogP contribution in [0.2, 0.25) is 0 Å². The second-order valence-corrected chi connectivity index (χ2v) is 7.79. The molecule has 1 atom stereocenters. The van der Waals surface area contributed by atoms with Gasteiger partial charge in [0, 0.05) is 37.7 Å². The van der Waals surface area contributed by atoms with Gasteiger partial charge in [0.2, 0.25) is 5.91 Å². The normalized spacial score (nSPS) is 19.4. The second-order valence-electron chi connectivity index (χ2n) is 7.79. The van der Waals surface area contributed by atoms with Crippen molar-refractivity contribution in [3.8, 4) is 5.75 Å². The molecule has 0 aliphatic carbocycles. The highest BCUT2D eigenvalue weighted by Crippen LogP contribution is 2.23. The van der Waals surface area contributed by atoms with Gasteiger partial charge in [-0.3, -0.25) is 4.79 Å². The molecular formula is C22H34N4O3. The topological polar surface area (TPSA) is 75.2 Å². The van der Waals surface area contributed by atoms with Crippen LogP contribution >= 0.6 is 0 Å². The van der Waals surface area contributed by atoms with Crippen molar-refractivity contribution in [2.45, 2.75) is 39.7 Å². The average molecular weight is 403 g/mol. The number of amides is 1. The number of benzene rings is 1. The molecule has 1 aromatic carbocycles. The summed E-state index contributed by atoms with van der Waals surface area (Å²) < 4.78 is 11.5. The van der Waals surface area contributed by atoms with E-state index in [1.807, 2.05) is 11.8 Å². The van der Waals surface area contributed by atoms with Crippen LogP contribution < -0.4 is 15.4 Å². The van der Waals surface area contributed by atoms with E-state index in [1.165, 1.54) is 0 Å². The third kappa shape index (κ3) is 6.63. The van der Waals surface area contributed by atoms with Gasteiger partial charge in [-0.2, -0.15) is 0 Å². The molecule has 1 amide bonds. The summed E-state index contributed by atoms with van der Waals surface area (Å²) in [5.74, 6) is 2.12. The van der Waals surface area contributed by atoms with E-state index in [1.54, 1.807) is 0 Å². The smallest absolute Gasteiger partial charge is 0.241 e. The minimum absolute atomic E-state index is 0.131. The van der Waals surface area contributed by atoms with Gasteiger partial charge in [0.05, 0.1) is 26.3 Å². The van der Waals surface area contributed by atoms with E-state index in [0.29, 0.717) is 25.0 Å². The number of guanidine groups is 1. The molecule has 0 aromatic heterocycles. The van der Waals surface area contributed by atoms with Crippen molar-refractivity contribution in [2.24, 2.45) is 10.9 Å². The maximum absolute atomic E-state index is 12.3. The van der Waals surface area contributed by atoms with Gasteiger partial charge in [0.25, 0.3) is 0 Å². The quantitative estimate of drug-likeness (QED) is 0.514. The molecule has 2 heterocycles. The number of likely N-dealkylation sites (tertiary alicyclic amines) is 1. The molecule has 0 saturated carbocycles. The Hall–Kier alpha value is -2.28. The van der Waals surface area contributed by atoms with Crippen molar-refractivity contribution in [1.29, 1.82) is 0 Å². The van der Waals surface area contributed by atoms with Gasteiger partial charge in [-0.05, 0) is 44.7 Å². The minimum atomic E-state index is 0.131. The Kier molecular flexibility index (Phi) is 8.16. The molecule has 2 N–H and O–H groups in total. The van der Waals surface area contributed by atoms with Gasteiger partial charge in [0.15, 0.2) is 5.96 Å². The van der Waals surface area contributed by atoms with Crippen molar-refractivity contribution in [1.82, 2.24) is 15.5 Å². The Labute approximate surface area is 173 Å². The molecule has 1 aromatic rings. The standard InChI is InChI=1S/C22H34N4O3/c1-3-23-22(25-14-21(27)26-9-4-5-10-26)24-13-19-7-6-17(2)12-20(19)29-16-18-8-11-28-15-18/h6-7,12,18H,3-5,8-11,13-16H2,1-2H3,(H2,23,24,25). The molecule has 160 valence electrons. The fourth-order valence-electron chi connectivity index (χ4n) is 3.59. The number of hydrogen-bond acceptors (Lipinski definition) is 4. The summed E-state index contributed by atoms with van der Waals surface area (Å²) in [6, 6.07) is 6.21. The lowest BCUT2D eigenvalue weighted by Crippen LogP contribution is -2.44. The van der Waals surface area contributed by atoms with E-state index >= 15 is 0 Å². The summed E-state index contributed by atoms with van der Waals surface area (Å²) in [5, 5.41) is 6.38. The van der Waals surface area contributed by atoms with Gasteiger partial charge in [0.1, 0.15) is 5.75 Å². The minimum Gasteiger partial charge on any atom is -0.493 e. The van der Waals surface area contributed by atoms with Gasteiger partial charge >= 0.3 is 0 Å². The van der Waals surface area contributed by atoms with E-state index in [-0.39, 0.29) is 12.5 Å². The first kappa shape index (κ1) is 21.4. The first-order valence-electron chi connectivity index (χ1n) is 10.8. The largest absolute Gasteiger partial charge is 0.493 e. The first-order chi connectivity index (χ1) is 14.2. The molecule has 7 nitrogen and oxygen atoms in total. The van der Waals surface area contributed by atoms with Crippen molar-refractivity contribution in [3.05, 3.63) is 29.3 Å². The maximum Gasteiger partial charge on any atom is 0.241 e. The number of carbonyl (C=O) groups is 1. The second kappa shape index (κ2) is 11.0. The summed E-state index contributed by atoms with van der Waals surface area (Å²) in [4.78, 5) is 18.9. The van der Waals surface area contributed by atoms with Crippen LogP contribution in [0.5, 0.6) is 5.75 Å². The van der Waals surface area contributed by atoms with Crippen molar-refractivity contribution in [2.75, 3.05) is 46.0 Å². The Morgan fingerprint density at radius 1 is 1.31 bits per heavy atom. The monoisotopic (exact) mass is 402 g/mol. The average Bonchev–Trinajstić information content (AvgIpc) is 3.43. The number of aryl methyl sites for hydroxylation is 1. The van der Waals surface area contributed by atoms with E-state index in [0.717, 1.165) is 69.0 Å². The highest BCUT2D eigenvalue weighted by molar-refractivity contribution is 5.86. The lowest BCUT2D eigenvalue weighted by molar-refractivity contribution is -0.128. The summed E-state index contributed by atoms with van der Waals surface area (Å²) in [6.07, 6.45) is 3.25. The zero-order chi connectivity index (χ0) is 20.5. The fourth-order valence-corrected chi connectivity index (χ4v) is 3.59. The molecule has 2 aliphatic heterocycles. The zero-order valence-corrected chi connectivity index (χ0v) is 17.7. The van der Waals surface area contributed by atoms with E-state index in [4.69, 9.17) is 9.47 Å². The predicted molar refractivity (Wildman–Crippen MR) is 114 cm³/mol. The van der Waals surface area contributed by atoms with Crippen molar-refractivity contribution >= 4 is 11.9 Å². The van der Waals surface area contributed by atoms with Gasteiger partial charge in [-0.25, -0.2) is 4.99 Å². The number of rotatable bonds is 8. The van der Waals surface area contributed by atoms with Crippen LogP contribution in [-0.4, -0.2) is 62.8 Å². The Morgan fingerprint density at radius 2 is 2.14 bits per heavy atom. The molecule has 29 heavy (non-hydrogen) atoms. The van der Waals surface area contributed by atoms with Crippen LogP contribution in [0.15, 0.2) is 23.2 Å². The number of aliphatic imine (C=N–C) groups is 1. The Bertz CT molecular complexity index is 695. The van der Waals surface area contributed by atoms with Crippen molar-refractivity contribution < 1.29 is 14.3 Å². The van der Waals surface area contributed by atoms with E-state index < -0.39 is 0 Å². The zero-order valence-electron chi connectivity index (χ0n) is 17.7. The number of nitrogens with one attached hydrogen (secondary N) is 2. The van der Waals surface area contributed by atoms with Gasteiger partial charge in [-0.15, -0.1) is 0 Å². The van der Waals surface area contributed by atoms with Crippen LogP contribution in [-0.2, 0) is 16.1 Å². The van der Waals surface area contributed by atoms with Crippen LogP contribution in [0, 0.1) is 12.8 Å². The SMILES string of the molecule is CCNC(=NCc1ccc(C)cc1OCC1CCOC1)NCC(=O)N1CCCC1. The molecule has 2 fully saturated rings.